The van der Waals surface area contributed by atoms with Gasteiger partial charge in [0.25, 0.3) is 0 Å². The summed E-state index contributed by atoms with van der Waals surface area (Å²) in [4.78, 5) is 26.9. The van der Waals surface area contributed by atoms with Crippen LogP contribution in [0.25, 0.3) is 0 Å². The van der Waals surface area contributed by atoms with Gasteiger partial charge in [0.15, 0.2) is 5.78 Å². The molecule has 1 aromatic rings. The summed E-state index contributed by atoms with van der Waals surface area (Å²) in [6.07, 6.45) is 0.354. The molecule has 1 heterocycles. The number of aromatic nitrogens is 1. The van der Waals surface area contributed by atoms with Gasteiger partial charge in [0, 0.05) is 18.8 Å². The minimum atomic E-state index is -1.06. The molecule has 0 aliphatic rings. The number of carbonyl (C=O) groups excluding carboxylic acids is 1. The summed E-state index contributed by atoms with van der Waals surface area (Å²) in [6, 6.07) is 1.57. The van der Waals surface area contributed by atoms with Crippen molar-refractivity contribution < 1.29 is 19.4 Å². The fourth-order valence-corrected chi connectivity index (χ4v) is 1.22. The second-order valence-corrected chi connectivity index (χ2v) is 3.78. The van der Waals surface area contributed by atoms with Crippen LogP contribution in [-0.2, 0) is 0 Å². The molecule has 0 saturated heterocycles. The van der Waals surface area contributed by atoms with Crippen molar-refractivity contribution in [2.45, 2.75) is 6.92 Å². The van der Waals surface area contributed by atoms with E-state index in [1.807, 2.05) is 0 Å². The fourth-order valence-electron chi connectivity index (χ4n) is 1.22. The third-order valence-electron chi connectivity index (χ3n) is 2.32. The van der Waals surface area contributed by atoms with E-state index >= 15 is 0 Å². The molecule has 1 aromatic heterocycles. The van der Waals surface area contributed by atoms with Gasteiger partial charge >= 0.3 is 6.09 Å². The highest BCUT2D eigenvalue weighted by Crippen LogP contribution is 2.15. The van der Waals surface area contributed by atoms with Crippen LogP contribution in [0.1, 0.15) is 22.8 Å². The number of methoxy groups -OCH3 is 1. The van der Waals surface area contributed by atoms with E-state index < -0.39 is 6.09 Å². The van der Waals surface area contributed by atoms with E-state index in [0.717, 1.165) is 4.90 Å². The summed E-state index contributed by atoms with van der Waals surface area (Å²) in [5.41, 5.74) is 0.880. The molecule has 0 radical (unpaired) electrons. The normalized spacial score (nSPS) is 9.21. The first-order valence-electron chi connectivity index (χ1n) is 5.43. The summed E-state index contributed by atoms with van der Waals surface area (Å²) in [5.74, 6) is 5.62. The van der Waals surface area contributed by atoms with Gasteiger partial charge in [-0.2, -0.15) is 0 Å². The minimum Gasteiger partial charge on any atom is -0.480 e. The number of Topliss-reactive ketones (excluding diaryl/α,β-unsaturated/α-hetero) is 1. The summed E-state index contributed by atoms with van der Waals surface area (Å²) in [6.45, 7) is 1.49. The lowest BCUT2D eigenvalue weighted by molar-refractivity contribution is 0.101. The van der Waals surface area contributed by atoms with Crippen molar-refractivity contribution in [2.24, 2.45) is 0 Å². The minimum absolute atomic E-state index is 0.0583. The van der Waals surface area contributed by atoms with Crippen molar-refractivity contribution in [1.82, 2.24) is 9.88 Å². The molecule has 0 aliphatic heterocycles. The van der Waals surface area contributed by atoms with E-state index in [1.165, 1.54) is 27.3 Å². The molecule has 1 amide bonds. The second kappa shape index (κ2) is 6.40. The lowest BCUT2D eigenvalue weighted by Crippen LogP contribution is -2.24. The predicted molar refractivity (Wildman–Crippen MR) is 68.3 cm³/mol. The van der Waals surface area contributed by atoms with E-state index in [9.17, 15) is 9.59 Å². The Bertz CT molecular complexity index is 557. The lowest BCUT2D eigenvalue weighted by atomic mass is 10.1. The number of ketones is 1. The number of rotatable bonds is 3. The quantitative estimate of drug-likeness (QED) is 0.655. The lowest BCUT2D eigenvalue weighted by Gasteiger charge is -2.07. The van der Waals surface area contributed by atoms with Crippen LogP contribution in [0.5, 0.6) is 5.88 Å². The van der Waals surface area contributed by atoms with Gasteiger partial charge in [-0.1, -0.05) is 11.8 Å². The monoisotopic (exact) mass is 262 g/mol. The Labute approximate surface area is 111 Å². The first-order valence-corrected chi connectivity index (χ1v) is 5.43. The Morgan fingerprint density at radius 3 is 2.74 bits per heavy atom. The van der Waals surface area contributed by atoms with Crippen LogP contribution in [0, 0.1) is 11.8 Å². The number of carboxylic acid groups (broad SMARTS) is 1. The zero-order valence-corrected chi connectivity index (χ0v) is 10.9. The number of ether oxygens (including phenoxy) is 1. The van der Waals surface area contributed by atoms with E-state index in [2.05, 4.69) is 16.8 Å². The first kappa shape index (κ1) is 14.5. The van der Waals surface area contributed by atoms with E-state index in [4.69, 9.17) is 9.84 Å². The number of carbonyl (C=O) groups is 2. The summed E-state index contributed by atoms with van der Waals surface area (Å²) >= 11 is 0. The van der Waals surface area contributed by atoms with E-state index in [0.29, 0.717) is 17.0 Å². The van der Waals surface area contributed by atoms with Gasteiger partial charge in [-0.3, -0.25) is 4.79 Å². The maximum absolute atomic E-state index is 11.3. The molecule has 1 N–H and O–H groups in total. The molecular formula is C13H14N2O4. The van der Waals surface area contributed by atoms with Crippen LogP contribution in [0.4, 0.5) is 4.79 Å². The highest BCUT2D eigenvalue weighted by molar-refractivity contribution is 5.94. The topological polar surface area (TPSA) is 79.7 Å². The zero-order chi connectivity index (χ0) is 14.4. The van der Waals surface area contributed by atoms with Crippen LogP contribution in [0.2, 0.25) is 0 Å². The highest BCUT2D eigenvalue weighted by Gasteiger charge is 2.07. The Morgan fingerprint density at radius 1 is 1.53 bits per heavy atom. The van der Waals surface area contributed by atoms with Crippen molar-refractivity contribution in [2.75, 3.05) is 20.7 Å². The standard InChI is InChI=1S/C13H14N2O4/c1-9(16)11-7-10(12(19-3)14-8-11)5-4-6-15(2)13(17)18/h7-8H,6H2,1-3H3,(H,17,18). The van der Waals surface area contributed by atoms with Gasteiger partial charge in [0.1, 0.15) is 0 Å². The third kappa shape index (κ3) is 4.00. The average Bonchev–Trinajstić information content (AvgIpc) is 2.38. The van der Waals surface area contributed by atoms with Gasteiger partial charge in [-0.05, 0) is 13.0 Å². The largest absolute Gasteiger partial charge is 0.480 e. The van der Waals surface area contributed by atoms with Gasteiger partial charge in [-0.25, -0.2) is 9.78 Å². The van der Waals surface area contributed by atoms with Crippen molar-refractivity contribution in [3.8, 4) is 17.7 Å². The third-order valence-corrected chi connectivity index (χ3v) is 2.32. The van der Waals surface area contributed by atoms with Gasteiger partial charge in [0.05, 0.1) is 19.2 Å². The molecule has 0 spiro atoms. The number of pyridine rings is 1. The Morgan fingerprint density at radius 2 is 2.21 bits per heavy atom. The first-order chi connectivity index (χ1) is 8.95. The smallest absolute Gasteiger partial charge is 0.407 e. The molecule has 6 nitrogen and oxygen atoms in total. The number of hydrogen-bond acceptors (Lipinski definition) is 4. The van der Waals surface area contributed by atoms with Crippen LogP contribution >= 0.6 is 0 Å². The Kier molecular flexibility index (Phi) is 4.89. The highest BCUT2D eigenvalue weighted by atomic mass is 16.5. The number of nitrogens with zero attached hydrogens (tertiary/aromatic N) is 2. The molecule has 0 atom stereocenters. The average molecular weight is 262 g/mol. The van der Waals surface area contributed by atoms with Crippen LogP contribution in [0.3, 0.4) is 0 Å². The maximum atomic E-state index is 11.3. The molecule has 0 aromatic carbocycles. The fraction of sp³-hybridized carbons (Fsp3) is 0.308. The van der Waals surface area contributed by atoms with Crippen molar-refractivity contribution in [1.29, 1.82) is 0 Å². The molecule has 19 heavy (non-hydrogen) atoms. The van der Waals surface area contributed by atoms with Crippen molar-refractivity contribution in [3.63, 3.8) is 0 Å². The van der Waals surface area contributed by atoms with Gasteiger partial charge in [-0.15, -0.1) is 0 Å². The molecule has 1 rings (SSSR count). The molecule has 0 unspecified atom stereocenters. The van der Waals surface area contributed by atoms with Crippen LogP contribution in [0.15, 0.2) is 12.3 Å². The second-order valence-electron chi connectivity index (χ2n) is 3.78. The van der Waals surface area contributed by atoms with Gasteiger partial charge < -0.3 is 14.7 Å². The maximum Gasteiger partial charge on any atom is 0.407 e. The number of hydrogen-bond donors (Lipinski definition) is 1. The zero-order valence-electron chi connectivity index (χ0n) is 10.9. The Balaban J connectivity index is 2.98. The van der Waals surface area contributed by atoms with Gasteiger partial charge in [0.2, 0.25) is 5.88 Å². The Hall–Kier alpha value is -2.55. The summed E-state index contributed by atoms with van der Waals surface area (Å²) < 4.78 is 5.03. The van der Waals surface area contributed by atoms with Crippen molar-refractivity contribution >= 4 is 11.9 Å². The van der Waals surface area contributed by atoms with Crippen LogP contribution < -0.4 is 4.74 Å². The predicted octanol–water partition coefficient (Wildman–Crippen LogP) is 1.25. The molecule has 0 bridgehead atoms. The summed E-state index contributed by atoms with van der Waals surface area (Å²) in [5, 5.41) is 8.67. The molecular weight excluding hydrogens is 248 g/mol. The molecule has 100 valence electrons. The van der Waals surface area contributed by atoms with E-state index in [1.54, 1.807) is 6.07 Å². The molecule has 0 saturated carbocycles. The number of amides is 1. The van der Waals surface area contributed by atoms with Crippen molar-refractivity contribution in [3.05, 3.63) is 23.4 Å². The van der Waals surface area contributed by atoms with Crippen LogP contribution in [-0.4, -0.2) is 47.6 Å². The SMILES string of the molecule is COc1ncc(C(C)=O)cc1C#CCN(C)C(=O)O. The van der Waals surface area contributed by atoms with E-state index in [-0.39, 0.29) is 12.3 Å². The molecule has 0 fully saturated rings. The molecule has 0 aliphatic carbocycles. The molecule has 6 heteroatoms. The summed E-state index contributed by atoms with van der Waals surface area (Å²) in [7, 11) is 2.86.